The van der Waals surface area contributed by atoms with Crippen LogP contribution in [0.15, 0.2) is 47.4 Å². The molecule has 2 aliphatic rings. The Bertz CT molecular complexity index is 1230. The summed E-state index contributed by atoms with van der Waals surface area (Å²) in [5.41, 5.74) is 3.66. The Hall–Kier alpha value is -2.83. The monoisotopic (exact) mass is 455 g/mol. The molecule has 1 atom stereocenters. The second kappa shape index (κ2) is 7.39. The lowest BCUT2D eigenvalue weighted by Crippen LogP contribution is -2.45. The highest BCUT2D eigenvalue weighted by molar-refractivity contribution is 6.31. The summed E-state index contributed by atoms with van der Waals surface area (Å²) in [6.07, 6.45) is 2.67. The van der Waals surface area contributed by atoms with Crippen LogP contribution >= 0.6 is 23.2 Å². The molecule has 2 aromatic carbocycles. The summed E-state index contributed by atoms with van der Waals surface area (Å²) >= 11 is 12.6. The molecule has 0 saturated carbocycles. The molecule has 2 heterocycles. The lowest BCUT2D eigenvalue weighted by molar-refractivity contribution is 0.0686. The number of halogens is 2. The van der Waals surface area contributed by atoms with Gasteiger partial charge in [-0.05, 0) is 59.4 Å². The number of carbonyl (C=O) groups is 1. The minimum atomic E-state index is -0.672. The van der Waals surface area contributed by atoms with E-state index in [0.717, 1.165) is 41.3 Å². The Kier molecular flexibility index (Phi) is 4.79. The molecule has 5 rings (SSSR count). The fraction of sp³-hybridized carbons (Fsp3) is 0.261. The van der Waals surface area contributed by atoms with Crippen LogP contribution in [0.3, 0.4) is 0 Å². The number of aromatic hydroxyl groups is 1. The average Bonchev–Trinajstić information content (AvgIpc) is 2.89. The summed E-state index contributed by atoms with van der Waals surface area (Å²) in [4.78, 5) is 26.3. The summed E-state index contributed by atoms with van der Waals surface area (Å²) in [6, 6.07) is 11.4. The first-order chi connectivity index (χ1) is 14.8. The molecule has 1 N–H and O–H groups in total. The number of hydrogen-bond donors (Lipinski definition) is 1. The van der Waals surface area contributed by atoms with E-state index in [2.05, 4.69) is 5.10 Å². The normalized spacial score (nSPS) is 18.2. The van der Waals surface area contributed by atoms with Crippen molar-refractivity contribution in [3.63, 3.8) is 0 Å². The van der Waals surface area contributed by atoms with Crippen LogP contribution in [-0.2, 0) is 12.8 Å². The number of aromatic nitrogens is 2. The van der Waals surface area contributed by atoms with E-state index in [0.29, 0.717) is 16.6 Å². The van der Waals surface area contributed by atoms with E-state index in [1.807, 2.05) is 36.4 Å². The maximum absolute atomic E-state index is 12.8. The smallest absolute Gasteiger partial charge is 0.275 e. The zero-order valence-corrected chi connectivity index (χ0v) is 18.2. The number of nitrogens with zero attached hydrogens (tertiary/aromatic N) is 3. The van der Waals surface area contributed by atoms with Crippen LogP contribution in [0, 0.1) is 0 Å². The van der Waals surface area contributed by atoms with Crippen LogP contribution in [0.2, 0.25) is 10.0 Å². The van der Waals surface area contributed by atoms with Gasteiger partial charge in [-0.25, -0.2) is 0 Å². The molecule has 0 spiro atoms. The predicted octanol–water partition coefficient (Wildman–Crippen LogP) is 3.81. The average molecular weight is 456 g/mol. The van der Waals surface area contributed by atoms with Crippen LogP contribution in [0.1, 0.15) is 44.7 Å². The van der Waals surface area contributed by atoms with E-state index in [1.54, 1.807) is 7.05 Å². The first-order valence-electron chi connectivity index (χ1n) is 9.98. The van der Waals surface area contributed by atoms with Gasteiger partial charge in [-0.2, -0.15) is 5.10 Å². The maximum Gasteiger partial charge on any atom is 0.275 e. The van der Waals surface area contributed by atoms with E-state index in [9.17, 15) is 14.7 Å². The molecule has 158 valence electrons. The molecule has 6 nitrogen and oxygen atoms in total. The highest BCUT2D eigenvalue weighted by atomic mass is 35.5. The van der Waals surface area contributed by atoms with E-state index in [-0.39, 0.29) is 17.7 Å². The topological polar surface area (TPSA) is 75.4 Å². The molecule has 0 saturated heterocycles. The molecular weight excluding hydrogens is 437 g/mol. The van der Waals surface area contributed by atoms with Gasteiger partial charge >= 0.3 is 0 Å². The van der Waals surface area contributed by atoms with E-state index in [4.69, 9.17) is 23.2 Å². The number of fused-ring (bicyclic) bond motifs is 3. The van der Waals surface area contributed by atoms with Gasteiger partial charge in [0.25, 0.3) is 5.91 Å². The molecule has 0 unspecified atom stereocenters. The largest absolute Gasteiger partial charge is 0.502 e. The number of aryl methyl sites for hydroxylation is 2. The Morgan fingerprint density at radius 3 is 2.16 bits per heavy atom. The molecule has 31 heavy (non-hydrogen) atoms. The molecule has 8 heteroatoms. The van der Waals surface area contributed by atoms with Crippen molar-refractivity contribution >= 4 is 29.1 Å². The molecule has 1 aliphatic carbocycles. The molecule has 1 aromatic heterocycles. The van der Waals surface area contributed by atoms with Crippen molar-refractivity contribution in [2.24, 2.45) is 0 Å². The van der Waals surface area contributed by atoms with E-state index in [1.165, 1.54) is 9.58 Å². The number of hydrogen-bond acceptors (Lipinski definition) is 4. The van der Waals surface area contributed by atoms with Crippen LogP contribution in [0.4, 0.5) is 0 Å². The third kappa shape index (κ3) is 3.22. The first-order valence-corrected chi connectivity index (χ1v) is 10.7. The molecule has 1 amide bonds. The minimum absolute atomic E-state index is 0.0819. The second-order valence-electron chi connectivity index (χ2n) is 8.07. The van der Waals surface area contributed by atoms with Gasteiger partial charge in [0.2, 0.25) is 5.43 Å². The summed E-state index contributed by atoms with van der Waals surface area (Å²) in [5.74, 6) is -1.18. The molecule has 0 radical (unpaired) electrons. The van der Waals surface area contributed by atoms with Crippen molar-refractivity contribution in [3.8, 4) is 5.75 Å². The van der Waals surface area contributed by atoms with Gasteiger partial charge in [0.1, 0.15) is 0 Å². The van der Waals surface area contributed by atoms with E-state index < -0.39 is 17.1 Å². The number of benzene rings is 2. The van der Waals surface area contributed by atoms with Crippen molar-refractivity contribution in [1.29, 1.82) is 0 Å². The van der Waals surface area contributed by atoms with Crippen molar-refractivity contribution < 1.29 is 9.90 Å². The third-order valence-electron chi connectivity index (χ3n) is 6.24. The number of carbonyl (C=O) groups excluding carboxylic acids is 1. The Labute approximate surface area is 188 Å². The van der Waals surface area contributed by atoms with Crippen LogP contribution < -0.4 is 5.43 Å². The lowest BCUT2D eigenvalue weighted by Gasteiger charge is -2.38. The SMILES string of the molecule is CN1C[C@@H](C2c3ccc(Cl)cc3CCc3cc(Cl)ccc32)n2ncc(=O)c(O)c2C1=O. The molecule has 3 aromatic rings. The Balaban J connectivity index is 1.79. The molecule has 0 fully saturated rings. The van der Waals surface area contributed by atoms with Gasteiger partial charge in [0, 0.05) is 29.6 Å². The van der Waals surface area contributed by atoms with Crippen molar-refractivity contribution in [3.05, 3.63) is 90.8 Å². The Morgan fingerprint density at radius 1 is 1.00 bits per heavy atom. The quantitative estimate of drug-likeness (QED) is 0.605. The summed E-state index contributed by atoms with van der Waals surface area (Å²) < 4.78 is 1.51. The van der Waals surface area contributed by atoms with Crippen LogP contribution in [-0.4, -0.2) is 39.3 Å². The van der Waals surface area contributed by atoms with Gasteiger partial charge in [0.05, 0.1) is 12.2 Å². The van der Waals surface area contributed by atoms with E-state index >= 15 is 0 Å². The minimum Gasteiger partial charge on any atom is -0.502 e. The second-order valence-corrected chi connectivity index (χ2v) is 8.94. The Morgan fingerprint density at radius 2 is 1.58 bits per heavy atom. The van der Waals surface area contributed by atoms with Crippen LogP contribution in [0.5, 0.6) is 5.75 Å². The molecule has 1 aliphatic heterocycles. The zero-order valence-electron chi connectivity index (χ0n) is 16.7. The highest BCUT2D eigenvalue weighted by Crippen LogP contribution is 2.44. The summed E-state index contributed by atoms with van der Waals surface area (Å²) in [5, 5.41) is 16.0. The summed E-state index contributed by atoms with van der Waals surface area (Å²) in [6.45, 7) is 0.371. The fourth-order valence-corrected chi connectivity index (χ4v) is 5.21. The third-order valence-corrected chi connectivity index (χ3v) is 6.71. The maximum atomic E-state index is 12.8. The van der Waals surface area contributed by atoms with Gasteiger partial charge in [-0.1, -0.05) is 35.3 Å². The van der Waals surface area contributed by atoms with Crippen molar-refractivity contribution in [1.82, 2.24) is 14.7 Å². The van der Waals surface area contributed by atoms with Gasteiger partial charge < -0.3 is 10.0 Å². The standard InChI is InChI=1S/C23H19Cl2N3O3/c1-27-11-18(28-21(23(27)31)22(30)19(29)10-26-28)20-16-6-4-14(24)8-12(16)2-3-13-9-15(25)5-7-17(13)20/h4-10,18,20,30H,2-3,11H2,1H3/t18-/m0/s1. The number of likely N-dealkylation sites (N-methyl/N-ethyl adjacent to an activating group) is 1. The first kappa shape index (κ1) is 20.1. The van der Waals surface area contributed by atoms with Gasteiger partial charge in [0.15, 0.2) is 11.4 Å². The number of rotatable bonds is 1. The van der Waals surface area contributed by atoms with Gasteiger partial charge in [-0.3, -0.25) is 14.3 Å². The predicted molar refractivity (Wildman–Crippen MR) is 118 cm³/mol. The fourth-order valence-electron chi connectivity index (χ4n) is 4.82. The van der Waals surface area contributed by atoms with Crippen molar-refractivity contribution in [2.75, 3.05) is 13.6 Å². The highest BCUT2D eigenvalue weighted by Gasteiger charge is 2.40. The number of amides is 1. The van der Waals surface area contributed by atoms with Crippen molar-refractivity contribution in [2.45, 2.75) is 24.8 Å². The summed E-state index contributed by atoms with van der Waals surface area (Å²) in [7, 11) is 1.66. The molecular formula is C23H19Cl2N3O3. The zero-order chi connectivity index (χ0) is 21.9. The molecule has 0 bridgehead atoms. The lowest BCUT2D eigenvalue weighted by atomic mass is 9.81. The van der Waals surface area contributed by atoms with Crippen LogP contribution in [0.25, 0.3) is 0 Å². The van der Waals surface area contributed by atoms with Gasteiger partial charge in [-0.15, -0.1) is 0 Å².